The molecule has 2 heterocycles. The monoisotopic (exact) mass is 1180 g/mol. The predicted molar refractivity (Wildman–Crippen MR) is 331 cm³/mol. The molecule has 0 fully saturated rings. The first-order chi connectivity index (χ1) is 36.3. The fraction of sp³-hybridized carbons (Fsp3) is 0.755. The Morgan fingerprint density at radius 3 is 1.14 bits per heavy atom. The van der Waals surface area contributed by atoms with Crippen LogP contribution in [0.25, 0.3) is 0 Å². The number of aliphatic hydroxyl groups excluding tert-OH is 3. The lowest BCUT2D eigenvalue weighted by atomic mass is 10.1. The number of carbonyl (C=O) groups excluding carboxylic acids is 4. The number of aliphatic hydroxyl groups is 3. The van der Waals surface area contributed by atoms with Crippen LogP contribution in [0, 0.1) is 0 Å². The quantitative estimate of drug-likeness (QED) is 0.212. The van der Waals surface area contributed by atoms with E-state index >= 15 is 0 Å². The summed E-state index contributed by atoms with van der Waals surface area (Å²) in [7, 11) is 0. The van der Waals surface area contributed by atoms with Crippen molar-refractivity contribution < 1.29 is 39.3 Å². The zero-order valence-corrected chi connectivity index (χ0v) is 50.9. The second-order valence-electron chi connectivity index (χ2n) is 17.4. The number of carbonyl (C=O) groups is 4. The first kappa shape index (κ1) is 69.1. The van der Waals surface area contributed by atoms with Crippen LogP contribution in [-0.4, -0.2) is 229 Å². The average molecular weight is 1180 g/mol. The Labute approximate surface area is 480 Å². The van der Waals surface area contributed by atoms with Crippen LogP contribution >= 0.6 is 94.1 Å². The second-order valence-corrected chi connectivity index (χ2v) is 27.2. The standard InChI is InChI=1S/C53H91N5O8S8/c1-2-19-58-47-49-13-11-48(12-14-49)46-54-66-29-6-33-70-37-10-41-73-44-17-52(64)57(25-28-61)21-4-31-68-35-8-39-71-42-15-50(62)55(23-26-59)20-3-30-67-34-7-38-72-43-16-51(63)56(24-27-60)22-5-32-69-36-9-40-74-45-18-53(58)65/h2,11-14,46,59-61H,1,3-10,15-45,47H2/b54-46-. The fourth-order valence-corrected chi connectivity index (χ4v) is 15.1. The summed E-state index contributed by atoms with van der Waals surface area (Å²) in [6.07, 6.45) is 13.4. The first-order valence-corrected chi connectivity index (χ1v) is 36.0. The minimum atomic E-state index is -0.0294. The van der Waals surface area contributed by atoms with Crippen molar-refractivity contribution in [2.45, 2.75) is 83.6 Å². The van der Waals surface area contributed by atoms with Gasteiger partial charge in [-0.05, 0) is 132 Å². The molecular formula is C53H91N5O8S8. The van der Waals surface area contributed by atoms with Crippen LogP contribution in [0.3, 0.4) is 0 Å². The Hall–Kier alpha value is -1.01. The molecule has 3 rings (SSSR count). The highest BCUT2D eigenvalue weighted by atomic mass is 32.2. The van der Waals surface area contributed by atoms with Gasteiger partial charge in [0.1, 0.15) is 6.61 Å². The lowest BCUT2D eigenvalue weighted by molar-refractivity contribution is -0.132. The zero-order chi connectivity index (χ0) is 53.4. The van der Waals surface area contributed by atoms with Crippen molar-refractivity contribution in [3.8, 4) is 0 Å². The van der Waals surface area contributed by atoms with E-state index in [2.05, 4.69) is 11.7 Å². The van der Waals surface area contributed by atoms with E-state index in [0.717, 1.165) is 155 Å². The maximum atomic E-state index is 13.1. The summed E-state index contributed by atoms with van der Waals surface area (Å²) in [5.74, 6) is 15.7. The summed E-state index contributed by atoms with van der Waals surface area (Å²) in [6.45, 7) is 8.52. The van der Waals surface area contributed by atoms with Crippen LogP contribution in [-0.2, 0) is 30.6 Å². The van der Waals surface area contributed by atoms with E-state index < -0.39 is 0 Å². The summed E-state index contributed by atoms with van der Waals surface area (Å²) in [4.78, 5) is 64.7. The van der Waals surface area contributed by atoms with Gasteiger partial charge in [0.25, 0.3) is 0 Å². The Morgan fingerprint density at radius 2 is 0.784 bits per heavy atom. The molecule has 21 heteroatoms. The molecule has 4 amide bonds. The van der Waals surface area contributed by atoms with Gasteiger partial charge in [0, 0.05) is 101 Å². The van der Waals surface area contributed by atoms with E-state index in [9.17, 15) is 34.5 Å². The highest BCUT2D eigenvalue weighted by molar-refractivity contribution is 8.01. The van der Waals surface area contributed by atoms with Crippen molar-refractivity contribution in [2.24, 2.45) is 5.16 Å². The van der Waals surface area contributed by atoms with Gasteiger partial charge in [-0.2, -0.15) is 94.1 Å². The molecule has 0 saturated heterocycles. The maximum Gasteiger partial charge on any atom is 0.223 e. The van der Waals surface area contributed by atoms with Gasteiger partial charge in [-0.3, -0.25) is 19.2 Å². The normalized spacial score (nSPS) is 20.7. The summed E-state index contributed by atoms with van der Waals surface area (Å²) in [5.41, 5.74) is 1.99. The molecule has 0 saturated carbocycles. The topological polar surface area (TPSA) is 164 Å². The SMILES string of the molecule is C=CCN1Cc2ccc(cc2)/C=N\OCCCSCCCSCCC(=O)N(CCO)CCCSCCCSCCC(=O)N(CCO)CCCSCCCSCCC(=O)N(CCO)CCCSCCCSCCC1=O. The summed E-state index contributed by atoms with van der Waals surface area (Å²) in [6, 6.07) is 8.04. The lowest BCUT2D eigenvalue weighted by Gasteiger charge is -2.22. The van der Waals surface area contributed by atoms with Gasteiger partial charge >= 0.3 is 0 Å². The van der Waals surface area contributed by atoms with Gasteiger partial charge in [0.05, 0.1) is 26.0 Å². The molecular weight excluding hydrogens is 1090 g/mol. The molecule has 1 aromatic carbocycles. The Kier molecular flexibility index (Phi) is 46.9. The third kappa shape index (κ3) is 37.7. The molecule has 0 atom stereocenters. The molecule has 0 aliphatic carbocycles. The molecule has 2 aliphatic heterocycles. The molecule has 2 aliphatic rings. The molecule has 0 radical (unpaired) electrons. The van der Waals surface area contributed by atoms with Crippen LogP contribution in [0.5, 0.6) is 0 Å². The van der Waals surface area contributed by atoms with Gasteiger partial charge in [0.15, 0.2) is 0 Å². The van der Waals surface area contributed by atoms with Crippen LogP contribution in [0.4, 0.5) is 0 Å². The number of nitrogens with zero attached hydrogens (tertiary/aromatic N) is 5. The minimum Gasteiger partial charge on any atom is -0.396 e. The Bertz CT molecular complexity index is 1610. The van der Waals surface area contributed by atoms with Crippen molar-refractivity contribution >= 4 is 124 Å². The fourth-order valence-electron chi connectivity index (χ4n) is 7.37. The smallest absolute Gasteiger partial charge is 0.223 e. The molecule has 0 spiro atoms. The van der Waals surface area contributed by atoms with Gasteiger partial charge in [-0.1, -0.05) is 35.5 Å². The van der Waals surface area contributed by atoms with Crippen LogP contribution < -0.4 is 0 Å². The number of benzene rings is 1. The van der Waals surface area contributed by atoms with Crippen molar-refractivity contribution in [1.29, 1.82) is 0 Å². The van der Waals surface area contributed by atoms with Gasteiger partial charge in [0.2, 0.25) is 23.6 Å². The summed E-state index contributed by atoms with van der Waals surface area (Å²) in [5, 5.41) is 32.9. The second kappa shape index (κ2) is 50.2. The van der Waals surface area contributed by atoms with E-state index in [4.69, 9.17) is 4.84 Å². The predicted octanol–water partition coefficient (Wildman–Crippen LogP) is 8.57. The zero-order valence-electron chi connectivity index (χ0n) is 44.3. The molecule has 3 N–H and O–H groups in total. The van der Waals surface area contributed by atoms with Crippen LogP contribution in [0.2, 0.25) is 0 Å². The first-order valence-electron chi connectivity index (χ1n) is 26.7. The number of hydrogen-bond donors (Lipinski definition) is 3. The highest BCUT2D eigenvalue weighted by Crippen LogP contribution is 2.17. The molecule has 2 bridgehead atoms. The van der Waals surface area contributed by atoms with Gasteiger partial charge < -0.3 is 39.8 Å². The number of rotatable bonds is 8. The number of thioether (sulfide) groups is 8. The maximum absolute atomic E-state index is 13.1. The summed E-state index contributed by atoms with van der Waals surface area (Å²) >= 11 is 14.9. The Balaban J connectivity index is 1.79. The van der Waals surface area contributed by atoms with E-state index in [1.807, 2.05) is 121 Å². The van der Waals surface area contributed by atoms with Crippen LogP contribution in [0.1, 0.15) is 88.2 Å². The van der Waals surface area contributed by atoms with Crippen molar-refractivity contribution in [3.63, 3.8) is 0 Å². The van der Waals surface area contributed by atoms with Gasteiger partial charge in [-0.15, -0.1) is 6.58 Å². The third-order valence-electron chi connectivity index (χ3n) is 11.3. The van der Waals surface area contributed by atoms with E-state index in [-0.39, 0.29) is 43.4 Å². The number of oxime groups is 1. The summed E-state index contributed by atoms with van der Waals surface area (Å²) < 4.78 is 0. The van der Waals surface area contributed by atoms with E-state index in [1.54, 1.807) is 29.0 Å². The van der Waals surface area contributed by atoms with Crippen molar-refractivity contribution in [1.82, 2.24) is 19.6 Å². The third-order valence-corrected chi connectivity index (χ3v) is 20.2. The molecule has 424 valence electrons. The molecule has 0 aromatic heterocycles. The largest absolute Gasteiger partial charge is 0.396 e. The molecule has 74 heavy (non-hydrogen) atoms. The van der Waals surface area contributed by atoms with E-state index in [1.165, 1.54) is 0 Å². The van der Waals surface area contributed by atoms with Crippen LogP contribution in [0.15, 0.2) is 42.1 Å². The van der Waals surface area contributed by atoms with E-state index in [0.29, 0.717) is 84.6 Å². The minimum absolute atomic E-state index is 0.0230. The number of amides is 4. The molecule has 1 aromatic rings. The lowest BCUT2D eigenvalue weighted by Crippen LogP contribution is -2.35. The molecule has 0 unspecified atom stereocenters. The Morgan fingerprint density at radius 1 is 0.459 bits per heavy atom. The van der Waals surface area contributed by atoms with Crippen molar-refractivity contribution in [2.75, 3.05) is 164 Å². The molecule has 13 nitrogen and oxygen atoms in total. The average Bonchev–Trinajstić information content (AvgIpc) is 3.40. The number of hydrogen-bond acceptors (Lipinski definition) is 17. The number of fused-ring (bicyclic) bond motifs is 52. The highest BCUT2D eigenvalue weighted by Gasteiger charge is 2.16. The van der Waals surface area contributed by atoms with Gasteiger partial charge in [-0.25, -0.2) is 0 Å². The van der Waals surface area contributed by atoms with Crippen molar-refractivity contribution in [3.05, 3.63) is 48.0 Å².